The molecular formula is C36H30Br2N2O7. The highest BCUT2D eigenvalue weighted by atomic mass is 79.9. The molecule has 3 aromatic carbocycles. The highest BCUT2D eigenvalue weighted by Crippen LogP contribution is 2.65. The van der Waals surface area contributed by atoms with E-state index in [9.17, 15) is 29.1 Å². The topological polar surface area (TPSA) is 121 Å². The van der Waals surface area contributed by atoms with E-state index in [1.54, 1.807) is 61.5 Å². The molecule has 11 heteroatoms. The van der Waals surface area contributed by atoms with Crippen molar-refractivity contribution in [1.29, 1.82) is 0 Å². The van der Waals surface area contributed by atoms with Crippen molar-refractivity contribution in [2.24, 2.45) is 29.1 Å². The number of nitrogens with zero attached hydrogens (tertiary/aromatic N) is 2. The summed E-state index contributed by atoms with van der Waals surface area (Å²) in [6, 6.07) is 16.9. The SMILES string of the molecule is COc1cc(C2C3=CCC4C(=O)N(c5ccc(C(C)=O)cc5)C(=O)C4C3CC3C(=O)N(c4ccccc4)C(=O)C32C)c(Br)c(Br)c1O. The van der Waals surface area contributed by atoms with Crippen LogP contribution in [0.1, 0.15) is 48.5 Å². The Labute approximate surface area is 287 Å². The number of hydrogen-bond donors (Lipinski definition) is 1. The fourth-order valence-corrected chi connectivity index (χ4v) is 9.22. The Bertz CT molecular complexity index is 1930. The van der Waals surface area contributed by atoms with Crippen molar-refractivity contribution in [1.82, 2.24) is 0 Å². The number of para-hydroxylation sites is 1. The zero-order valence-electron chi connectivity index (χ0n) is 25.7. The van der Waals surface area contributed by atoms with Crippen LogP contribution < -0.4 is 14.5 Å². The van der Waals surface area contributed by atoms with Gasteiger partial charge in [-0.25, -0.2) is 4.90 Å². The van der Waals surface area contributed by atoms with Gasteiger partial charge in [0.1, 0.15) is 0 Å². The smallest absolute Gasteiger partial charge is 0.241 e. The number of phenols is 1. The van der Waals surface area contributed by atoms with Crippen LogP contribution in [0.15, 0.2) is 81.3 Å². The van der Waals surface area contributed by atoms with Gasteiger partial charge in [0, 0.05) is 16.0 Å². The van der Waals surface area contributed by atoms with Crippen molar-refractivity contribution in [3.8, 4) is 11.5 Å². The number of carbonyl (C=O) groups is 5. The molecule has 0 bridgehead atoms. The van der Waals surface area contributed by atoms with E-state index < -0.39 is 35.0 Å². The average Bonchev–Trinajstić information content (AvgIpc) is 3.44. The first kappa shape index (κ1) is 31.5. The molecular weight excluding hydrogens is 732 g/mol. The second kappa shape index (κ2) is 11.3. The lowest BCUT2D eigenvalue weighted by molar-refractivity contribution is -0.131. The first-order chi connectivity index (χ1) is 22.4. The number of imide groups is 2. The molecule has 1 saturated carbocycles. The van der Waals surface area contributed by atoms with E-state index >= 15 is 0 Å². The summed E-state index contributed by atoms with van der Waals surface area (Å²) in [5.41, 5.74) is 1.46. The molecule has 2 heterocycles. The Morgan fingerprint density at radius 1 is 0.894 bits per heavy atom. The van der Waals surface area contributed by atoms with Crippen molar-refractivity contribution in [2.45, 2.75) is 32.6 Å². The molecule has 4 amide bonds. The zero-order valence-corrected chi connectivity index (χ0v) is 28.9. The van der Waals surface area contributed by atoms with Gasteiger partial charge >= 0.3 is 0 Å². The Balaban J connectivity index is 1.39. The third-order valence-electron chi connectivity index (χ3n) is 10.5. The summed E-state index contributed by atoms with van der Waals surface area (Å²) >= 11 is 7.11. The van der Waals surface area contributed by atoms with Crippen molar-refractivity contribution in [3.63, 3.8) is 0 Å². The number of hydrogen-bond acceptors (Lipinski definition) is 7. The van der Waals surface area contributed by atoms with Crippen LogP contribution in [0.25, 0.3) is 0 Å². The molecule has 9 nitrogen and oxygen atoms in total. The molecule has 2 aliphatic heterocycles. The van der Waals surface area contributed by atoms with Crippen molar-refractivity contribution < 1.29 is 33.8 Å². The first-order valence-corrected chi connectivity index (χ1v) is 16.9. The predicted octanol–water partition coefficient (Wildman–Crippen LogP) is 6.56. The Morgan fingerprint density at radius 2 is 1.55 bits per heavy atom. The molecule has 6 atom stereocenters. The fraction of sp³-hybridized carbons (Fsp3) is 0.306. The van der Waals surface area contributed by atoms with E-state index in [2.05, 4.69) is 31.9 Å². The van der Waals surface area contributed by atoms with Crippen LogP contribution in [0.2, 0.25) is 0 Å². The maximum absolute atomic E-state index is 14.6. The van der Waals surface area contributed by atoms with Crippen LogP contribution >= 0.6 is 31.9 Å². The summed E-state index contributed by atoms with van der Waals surface area (Å²) in [4.78, 5) is 71.5. The Hall–Kier alpha value is -4.09. The van der Waals surface area contributed by atoms with E-state index in [1.165, 1.54) is 23.8 Å². The van der Waals surface area contributed by atoms with Crippen LogP contribution in [0.3, 0.4) is 0 Å². The number of ketones is 1. The lowest BCUT2D eigenvalue weighted by Gasteiger charge is -2.49. The number of rotatable bonds is 5. The van der Waals surface area contributed by atoms with E-state index in [1.807, 2.05) is 12.1 Å². The number of halogens is 2. The van der Waals surface area contributed by atoms with E-state index in [0.29, 0.717) is 31.4 Å². The number of ether oxygens (including phenoxy) is 1. The number of methoxy groups -OCH3 is 1. The molecule has 3 aromatic rings. The largest absolute Gasteiger partial charge is 0.503 e. The van der Waals surface area contributed by atoms with Gasteiger partial charge in [-0.05, 0) is 112 Å². The van der Waals surface area contributed by atoms with Gasteiger partial charge in [-0.2, -0.15) is 0 Å². The normalized spacial score (nSPS) is 28.2. The van der Waals surface area contributed by atoms with Crippen LogP contribution in [-0.4, -0.2) is 41.6 Å². The summed E-state index contributed by atoms with van der Waals surface area (Å²) in [6.45, 7) is 3.25. The minimum atomic E-state index is -1.26. The van der Waals surface area contributed by atoms with Crippen LogP contribution in [0.5, 0.6) is 11.5 Å². The molecule has 7 rings (SSSR count). The van der Waals surface area contributed by atoms with Gasteiger partial charge in [-0.3, -0.25) is 28.9 Å². The van der Waals surface area contributed by atoms with Crippen LogP contribution in [-0.2, 0) is 19.2 Å². The highest BCUT2D eigenvalue weighted by Gasteiger charge is 2.68. The van der Waals surface area contributed by atoms with Crippen LogP contribution in [0.4, 0.5) is 11.4 Å². The van der Waals surface area contributed by atoms with Crippen molar-refractivity contribution in [3.05, 3.63) is 92.4 Å². The molecule has 1 N–H and O–H groups in total. The maximum atomic E-state index is 14.6. The first-order valence-electron chi connectivity index (χ1n) is 15.3. The van der Waals surface area contributed by atoms with Gasteiger partial charge in [0.15, 0.2) is 17.3 Å². The van der Waals surface area contributed by atoms with E-state index in [-0.39, 0.29) is 53.8 Å². The second-order valence-electron chi connectivity index (χ2n) is 12.8. The number of allylic oxidation sites excluding steroid dienone is 2. The standard InChI is InChI=1S/C36H30Br2N2O7/c1-17(41)18-9-11-20(12-10-18)39-32(43)22-14-13-21-23(27(22)34(39)45)15-25-33(44)40(19-7-5-4-6-8-19)35(46)36(25,2)28(21)24-16-26(47-3)31(42)30(38)29(24)37/h4-13,16,22-23,25,27-28,42H,14-15H2,1-3H3. The molecule has 2 saturated heterocycles. The zero-order chi connectivity index (χ0) is 33.5. The molecule has 2 aliphatic carbocycles. The van der Waals surface area contributed by atoms with Crippen molar-refractivity contribution >= 4 is 72.6 Å². The number of anilines is 2. The van der Waals surface area contributed by atoms with Gasteiger partial charge in [0.25, 0.3) is 0 Å². The molecule has 0 aromatic heterocycles. The number of amides is 4. The third-order valence-corrected chi connectivity index (χ3v) is 12.7. The number of Topliss-reactive ketones (excluding diaryl/α,β-unsaturated/α-hetero) is 1. The quantitative estimate of drug-likeness (QED) is 0.178. The number of carbonyl (C=O) groups excluding carboxylic acids is 5. The lowest BCUT2D eigenvalue weighted by Crippen LogP contribution is -2.49. The lowest BCUT2D eigenvalue weighted by atomic mass is 9.51. The minimum absolute atomic E-state index is 0.126. The van der Waals surface area contributed by atoms with Gasteiger partial charge in [0.2, 0.25) is 23.6 Å². The second-order valence-corrected chi connectivity index (χ2v) is 14.3. The summed E-state index contributed by atoms with van der Waals surface area (Å²) in [6.07, 6.45) is 2.45. The summed E-state index contributed by atoms with van der Waals surface area (Å²) in [7, 11) is 1.43. The van der Waals surface area contributed by atoms with Gasteiger partial charge in [-0.1, -0.05) is 29.8 Å². The molecule has 3 fully saturated rings. The molecule has 47 heavy (non-hydrogen) atoms. The number of phenolic OH excluding ortho intramolecular Hbond substituents is 1. The highest BCUT2D eigenvalue weighted by molar-refractivity contribution is 9.13. The molecule has 0 radical (unpaired) electrons. The predicted molar refractivity (Wildman–Crippen MR) is 180 cm³/mol. The van der Waals surface area contributed by atoms with Gasteiger partial charge in [-0.15, -0.1) is 0 Å². The third kappa shape index (κ3) is 4.42. The maximum Gasteiger partial charge on any atom is 0.241 e. The fourth-order valence-electron chi connectivity index (χ4n) is 8.26. The number of fused-ring (bicyclic) bond motifs is 4. The van der Waals surface area contributed by atoms with Gasteiger partial charge in [0.05, 0.1) is 46.1 Å². The summed E-state index contributed by atoms with van der Waals surface area (Å²) < 4.78 is 6.32. The number of benzene rings is 3. The summed E-state index contributed by atoms with van der Waals surface area (Å²) in [5.74, 6) is -4.92. The van der Waals surface area contributed by atoms with E-state index in [4.69, 9.17) is 4.74 Å². The minimum Gasteiger partial charge on any atom is -0.503 e. The Kier molecular flexibility index (Phi) is 7.55. The molecule has 4 aliphatic rings. The van der Waals surface area contributed by atoms with E-state index in [0.717, 1.165) is 5.57 Å². The van der Waals surface area contributed by atoms with Crippen molar-refractivity contribution in [2.75, 3.05) is 16.9 Å². The molecule has 0 spiro atoms. The molecule has 6 unspecified atom stereocenters. The van der Waals surface area contributed by atoms with Gasteiger partial charge < -0.3 is 9.84 Å². The summed E-state index contributed by atoms with van der Waals surface area (Å²) in [5, 5.41) is 10.8. The average molecular weight is 762 g/mol. The Morgan fingerprint density at radius 3 is 2.19 bits per heavy atom. The molecule has 240 valence electrons. The number of aromatic hydroxyl groups is 1. The van der Waals surface area contributed by atoms with Crippen LogP contribution in [0, 0.1) is 29.1 Å². The monoisotopic (exact) mass is 760 g/mol.